The summed E-state index contributed by atoms with van der Waals surface area (Å²) in [5.41, 5.74) is 5.61. The summed E-state index contributed by atoms with van der Waals surface area (Å²) in [4.78, 5) is 12.8. The number of hydrogen-bond acceptors (Lipinski definition) is 3. The predicted octanol–water partition coefficient (Wildman–Crippen LogP) is 3.12. The van der Waals surface area contributed by atoms with Gasteiger partial charge < -0.3 is 15.8 Å². The van der Waals surface area contributed by atoms with Gasteiger partial charge in [0.25, 0.3) is 0 Å². The minimum Gasteiger partial charge on any atom is -0.492 e. The van der Waals surface area contributed by atoms with Crippen molar-refractivity contribution in [3.05, 3.63) is 24.3 Å². The molecule has 0 aliphatic heterocycles. The Bertz CT molecular complexity index is 485. The maximum absolute atomic E-state index is 12.6. The van der Waals surface area contributed by atoms with Crippen LogP contribution in [0.1, 0.15) is 33.6 Å². The lowest BCUT2D eigenvalue weighted by molar-refractivity contribution is -0.122. The molecule has 0 atom stereocenters. The average Bonchev–Trinajstić information content (AvgIpc) is 2.43. The van der Waals surface area contributed by atoms with Gasteiger partial charge in [-0.25, -0.2) is 0 Å². The van der Waals surface area contributed by atoms with Crippen LogP contribution in [0.3, 0.4) is 0 Å². The van der Waals surface area contributed by atoms with Crippen molar-refractivity contribution in [2.24, 2.45) is 11.1 Å². The van der Waals surface area contributed by atoms with E-state index < -0.39 is 5.41 Å². The summed E-state index contributed by atoms with van der Waals surface area (Å²) in [6.07, 6.45) is 1.14. The van der Waals surface area contributed by atoms with Crippen LogP contribution in [-0.4, -0.2) is 17.5 Å². The van der Waals surface area contributed by atoms with Gasteiger partial charge in [-0.1, -0.05) is 38.2 Å². The number of nitrogens with one attached hydrogen (secondary N) is 1. The minimum absolute atomic E-state index is 0.179. The van der Waals surface area contributed by atoms with Crippen LogP contribution in [0.4, 0.5) is 5.69 Å². The second-order valence-electron chi connectivity index (χ2n) is 4.54. The number of hydrogen-bond donors (Lipinski definition) is 2. The van der Waals surface area contributed by atoms with E-state index in [4.69, 9.17) is 22.7 Å². The number of rotatable bonds is 7. The largest absolute Gasteiger partial charge is 0.492 e. The molecule has 1 rings (SSSR count). The molecular formula is C15H22N2O2S. The molecule has 3 N–H and O–H groups in total. The molecule has 5 heteroatoms. The molecule has 0 aliphatic rings. The molecule has 0 saturated carbocycles. The van der Waals surface area contributed by atoms with Crippen LogP contribution >= 0.6 is 12.2 Å². The summed E-state index contributed by atoms with van der Waals surface area (Å²) < 4.78 is 5.50. The summed E-state index contributed by atoms with van der Waals surface area (Å²) in [5, 5.41) is 2.89. The summed E-state index contributed by atoms with van der Waals surface area (Å²) in [5.74, 6) is 0.467. The number of para-hydroxylation sites is 2. The zero-order valence-corrected chi connectivity index (χ0v) is 13.0. The third-order valence-corrected chi connectivity index (χ3v) is 3.94. The highest BCUT2D eigenvalue weighted by Gasteiger charge is 2.38. The Morgan fingerprint density at radius 1 is 1.30 bits per heavy atom. The van der Waals surface area contributed by atoms with Crippen LogP contribution in [-0.2, 0) is 4.79 Å². The van der Waals surface area contributed by atoms with Crippen molar-refractivity contribution in [1.29, 1.82) is 0 Å². The van der Waals surface area contributed by atoms with Gasteiger partial charge in [0.15, 0.2) is 0 Å². The highest BCUT2D eigenvalue weighted by Crippen LogP contribution is 2.31. The number of thiocarbonyl (C=S) groups is 1. The van der Waals surface area contributed by atoms with Crippen molar-refractivity contribution in [2.75, 3.05) is 11.9 Å². The van der Waals surface area contributed by atoms with Crippen LogP contribution in [0.15, 0.2) is 24.3 Å². The Kier molecular flexibility index (Phi) is 5.95. The van der Waals surface area contributed by atoms with E-state index in [2.05, 4.69) is 5.32 Å². The molecule has 4 nitrogen and oxygen atoms in total. The van der Waals surface area contributed by atoms with Crippen LogP contribution in [0.2, 0.25) is 0 Å². The Balaban J connectivity index is 3.03. The molecule has 0 aliphatic carbocycles. The fourth-order valence-corrected chi connectivity index (χ4v) is 2.51. The molecule has 0 bridgehead atoms. The Morgan fingerprint density at radius 3 is 2.40 bits per heavy atom. The second kappa shape index (κ2) is 7.24. The zero-order chi connectivity index (χ0) is 15.2. The van der Waals surface area contributed by atoms with Gasteiger partial charge in [0.2, 0.25) is 5.91 Å². The number of benzene rings is 1. The normalized spacial score (nSPS) is 10.9. The first-order valence-corrected chi connectivity index (χ1v) is 7.25. The predicted molar refractivity (Wildman–Crippen MR) is 86.0 cm³/mol. The third-order valence-electron chi connectivity index (χ3n) is 3.55. The van der Waals surface area contributed by atoms with Gasteiger partial charge in [0.05, 0.1) is 22.7 Å². The molecule has 110 valence electrons. The summed E-state index contributed by atoms with van der Waals surface area (Å²) in [6.45, 7) is 6.26. The lowest BCUT2D eigenvalue weighted by Gasteiger charge is -2.29. The Hall–Kier alpha value is -1.62. The molecule has 20 heavy (non-hydrogen) atoms. The van der Waals surface area contributed by atoms with Crippen molar-refractivity contribution in [1.82, 2.24) is 0 Å². The quantitative estimate of drug-likeness (QED) is 0.758. The fraction of sp³-hybridized carbons (Fsp3) is 0.467. The molecule has 0 saturated heterocycles. The summed E-state index contributed by atoms with van der Waals surface area (Å²) in [7, 11) is 0. The first-order valence-electron chi connectivity index (χ1n) is 6.85. The lowest BCUT2D eigenvalue weighted by Crippen LogP contribution is -2.45. The van der Waals surface area contributed by atoms with Crippen molar-refractivity contribution >= 4 is 28.8 Å². The monoisotopic (exact) mass is 294 g/mol. The first-order chi connectivity index (χ1) is 9.51. The van der Waals surface area contributed by atoms with Gasteiger partial charge >= 0.3 is 0 Å². The van der Waals surface area contributed by atoms with E-state index >= 15 is 0 Å². The zero-order valence-electron chi connectivity index (χ0n) is 12.2. The summed E-state index contributed by atoms with van der Waals surface area (Å²) in [6, 6.07) is 7.33. The molecule has 0 unspecified atom stereocenters. The van der Waals surface area contributed by atoms with Gasteiger partial charge in [-0.15, -0.1) is 0 Å². The van der Waals surface area contributed by atoms with E-state index in [9.17, 15) is 4.79 Å². The number of anilines is 1. The number of carbonyl (C=O) groups is 1. The van der Waals surface area contributed by atoms with E-state index in [1.165, 1.54) is 0 Å². The van der Waals surface area contributed by atoms with Gasteiger partial charge in [-0.3, -0.25) is 4.79 Å². The second-order valence-corrected chi connectivity index (χ2v) is 4.98. The molecule has 1 amide bonds. The van der Waals surface area contributed by atoms with E-state index in [1.54, 1.807) is 6.07 Å². The van der Waals surface area contributed by atoms with Crippen LogP contribution in [0.5, 0.6) is 5.75 Å². The first kappa shape index (κ1) is 16.4. The minimum atomic E-state index is -0.811. The smallest absolute Gasteiger partial charge is 0.237 e. The van der Waals surface area contributed by atoms with Crippen LogP contribution in [0, 0.1) is 5.41 Å². The average molecular weight is 294 g/mol. The third kappa shape index (κ3) is 3.28. The number of carbonyl (C=O) groups excluding carboxylic acids is 1. The maximum Gasteiger partial charge on any atom is 0.237 e. The van der Waals surface area contributed by atoms with Crippen molar-refractivity contribution < 1.29 is 9.53 Å². The Labute approximate surface area is 125 Å². The SMILES string of the molecule is CCOc1ccccc1NC(=O)C(CC)(CC)C(N)=S. The molecule has 0 heterocycles. The van der Waals surface area contributed by atoms with E-state index in [-0.39, 0.29) is 10.9 Å². The molecule has 0 radical (unpaired) electrons. The van der Waals surface area contributed by atoms with Crippen LogP contribution in [0.25, 0.3) is 0 Å². The molecule has 0 spiro atoms. The van der Waals surface area contributed by atoms with Crippen molar-refractivity contribution in [2.45, 2.75) is 33.6 Å². The van der Waals surface area contributed by atoms with Gasteiger partial charge in [-0.2, -0.15) is 0 Å². The molecule has 0 aromatic heterocycles. The highest BCUT2D eigenvalue weighted by molar-refractivity contribution is 7.80. The fourth-order valence-electron chi connectivity index (χ4n) is 2.12. The van der Waals surface area contributed by atoms with Crippen molar-refractivity contribution in [3.63, 3.8) is 0 Å². The van der Waals surface area contributed by atoms with Crippen molar-refractivity contribution in [3.8, 4) is 5.75 Å². The molecule has 1 aromatic rings. The highest BCUT2D eigenvalue weighted by atomic mass is 32.1. The van der Waals surface area contributed by atoms with Gasteiger partial charge in [0.1, 0.15) is 5.75 Å². The number of ether oxygens (including phenoxy) is 1. The van der Waals surface area contributed by atoms with E-state index in [0.29, 0.717) is 30.9 Å². The topological polar surface area (TPSA) is 64.3 Å². The lowest BCUT2D eigenvalue weighted by atomic mass is 9.81. The number of amides is 1. The van der Waals surface area contributed by atoms with E-state index in [0.717, 1.165) is 0 Å². The summed E-state index contributed by atoms with van der Waals surface area (Å²) >= 11 is 5.09. The molecule has 1 aromatic carbocycles. The number of nitrogens with two attached hydrogens (primary N) is 1. The van der Waals surface area contributed by atoms with Gasteiger partial charge in [-0.05, 0) is 31.9 Å². The Morgan fingerprint density at radius 2 is 1.90 bits per heavy atom. The molecule has 0 fully saturated rings. The van der Waals surface area contributed by atoms with E-state index in [1.807, 2.05) is 39.0 Å². The van der Waals surface area contributed by atoms with Crippen LogP contribution < -0.4 is 15.8 Å². The van der Waals surface area contributed by atoms with Gasteiger partial charge in [0, 0.05) is 0 Å². The maximum atomic E-state index is 12.6. The molecular weight excluding hydrogens is 272 g/mol. The standard InChI is InChI=1S/C15H22N2O2S/c1-4-15(5-2,13(16)20)14(18)17-11-9-7-8-10-12(11)19-6-3/h7-10H,4-6H2,1-3H3,(H2,16,20)(H,17,18).